The largest absolute Gasteiger partial charge is 0.493 e. The maximum Gasteiger partial charge on any atom is 0.269 e. The predicted octanol–water partition coefficient (Wildman–Crippen LogP) is 3.33. The quantitative estimate of drug-likeness (QED) is 0.622. The van der Waals surface area contributed by atoms with Crippen molar-refractivity contribution in [3.8, 4) is 5.75 Å². The molecule has 1 N–H and O–H groups in total. The molecule has 6 nitrogen and oxygen atoms in total. The van der Waals surface area contributed by atoms with Gasteiger partial charge >= 0.3 is 0 Å². The minimum absolute atomic E-state index is 0.00478. The van der Waals surface area contributed by atoms with Crippen molar-refractivity contribution < 1.29 is 14.5 Å². The number of carbonyl (C=O) groups excluding carboxylic acids is 1. The molecular weight excluding hydrogens is 320 g/mol. The van der Waals surface area contributed by atoms with Gasteiger partial charge in [-0.3, -0.25) is 14.9 Å². The Morgan fingerprint density at radius 1 is 1.17 bits per heavy atom. The number of non-ortho nitro benzene ring substituents is 1. The van der Waals surface area contributed by atoms with Crippen LogP contribution in [-0.2, 0) is 11.3 Å². The fraction of sp³-hybridized carbons (Fsp3) is 0.188. The van der Waals surface area contributed by atoms with Crippen molar-refractivity contribution in [2.24, 2.45) is 0 Å². The normalized spacial score (nSPS) is 10.1. The minimum atomic E-state index is -0.480. The van der Waals surface area contributed by atoms with Crippen LogP contribution in [0, 0.1) is 10.1 Å². The van der Waals surface area contributed by atoms with Gasteiger partial charge in [-0.25, -0.2) is 0 Å². The van der Waals surface area contributed by atoms with Crippen LogP contribution in [0.5, 0.6) is 5.75 Å². The fourth-order valence-corrected chi connectivity index (χ4v) is 2.05. The first-order valence-corrected chi connectivity index (χ1v) is 7.31. The highest BCUT2D eigenvalue weighted by Crippen LogP contribution is 2.17. The van der Waals surface area contributed by atoms with Crippen molar-refractivity contribution in [1.82, 2.24) is 5.32 Å². The van der Waals surface area contributed by atoms with Gasteiger partial charge in [0, 0.05) is 23.7 Å². The maximum absolute atomic E-state index is 11.7. The number of nitrogens with zero attached hydrogens (tertiary/aromatic N) is 1. The van der Waals surface area contributed by atoms with Crippen molar-refractivity contribution in [3.63, 3.8) is 0 Å². The van der Waals surface area contributed by atoms with Crippen LogP contribution in [0.15, 0.2) is 48.5 Å². The average molecular weight is 335 g/mol. The van der Waals surface area contributed by atoms with Crippen molar-refractivity contribution in [2.75, 3.05) is 6.61 Å². The van der Waals surface area contributed by atoms with E-state index in [1.54, 1.807) is 6.07 Å². The molecule has 0 fully saturated rings. The number of rotatable bonds is 7. The van der Waals surface area contributed by atoms with Gasteiger partial charge in [-0.15, -0.1) is 0 Å². The highest BCUT2D eigenvalue weighted by molar-refractivity contribution is 6.31. The second-order valence-corrected chi connectivity index (χ2v) is 5.12. The van der Waals surface area contributed by atoms with Gasteiger partial charge in [0.15, 0.2) is 0 Å². The summed E-state index contributed by atoms with van der Waals surface area (Å²) in [6.45, 7) is 0.544. The van der Waals surface area contributed by atoms with Crippen molar-refractivity contribution in [3.05, 3.63) is 69.2 Å². The van der Waals surface area contributed by atoms with Crippen LogP contribution >= 0.6 is 11.6 Å². The lowest BCUT2D eigenvalue weighted by Crippen LogP contribution is -2.24. The highest BCUT2D eigenvalue weighted by Gasteiger charge is 2.06. The molecule has 0 unspecified atom stereocenters. The molecule has 0 radical (unpaired) electrons. The summed E-state index contributed by atoms with van der Waals surface area (Å²) in [4.78, 5) is 21.8. The molecule has 0 saturated carbocycles. The van der Waals surface area contributed by atoms with Gasteiger partial charge in [0.1, 0.15) is 5.75 Å². The maximum atomic E-state index is 11.7. The van der Waals surface area contributed by atoms with E-state index >= 15 is 0 Å². The zero-order chi connectivity index (χ0) is 16.7. The van der Waals surface area contributed by atoms with E-state index in [2.05, 4.69) is 5.32 Å². The highest BCUT2D eigenvalue weighted by atomic mass is 35.5. The summed E-state index contributed by atoms with van der Waals surface area (Å²) in [6.07, 6.45) is 0.182. The first-order chi connectivity index (χ1) is 11.1. The molecule has 2 aromatic rings. The fourth-order valence-electron chi connectivity index (χ4n) is 1.85. The van der Waals surface area contributed by atoms with Gasteiger partial charge in [-0.2, -0.15) is 0 Å². The zero-order valence-electron chi connectivity index (χ0n) is 12.2. The summed E-state index contributed by atoms with van der Waals surface area (Å²) < 4.78 is 5.38. The Morgan fingerprint density at radius 2 is 1.87 bits per heavy atom. The lowest BCUT2D eigenvalue weighted by Gasteiger charge is -2.08. The number of hydrogen-bond acceptors (Lipinski definition) is 4. The van der Waals surface area contributed by atoms with E-state index in [1.165, 1.54) is 24.3 Å². The molecule has 120 valence electrons. The molecule has 0 aliphatic heterocycles. The molecule has 0 aromatic heterocycles. The zero-order valence-corrected chi connectivity index (χ0v) is 13.0. The van der Waals surface area contributed by atoms with E-state index in [1.807, 2.05) is 18.2 Å². The summed E-state index contributed by atoms with van der Waals surface area (Å²) >= 11 is 6.00. The van der Waals surface area contributed by atoms with Crippen molar-refractivity contribution in [1.29, 1.82) is 0 Å². The third-order valence-corrected chi connectivity index (χ3v) is 3.45. The number of benzene rings is 2. The number of halogens is 1. The molecule has 2 aromatic carbocycles. The van der Waals surface area contributed by atoms with Gasteiger partial charge in [-0.05, 0) is 23.8 Å². The van der Waals surface area contributed by atoms with E-state index in [0.29, 0.717) is 17.3 Å². The van der Waals surface area contributed by atoms with Crippen molar-refractivity contribution >= 4 is 23.2 Å². The predicted molar refractivity (Wildman–Crippen MR) is 86.5 cm³/mol. The minimum Gasteiger partial charge on any atom is -0.493 e. The van der Waals surface area contributed by atoms with Crippen LogP contribution in [0.3, 0.4) is 0 Å². The Kier molecular flexibility index (Phi) is 5.94. The van der Waals surface area contributed by atoms with E-state index < -0.39 is 4.92 Å². The molecule has 0 bridgehead atoms. The Hall–Kier alpha value is -2.60. The summed E-state index contributed by atoms with van der Waals surface area (Å²) in [7, 11) is 0. The molecule has 7 heteroatoms. The summed E-state index contributed by atoms with van der Waals surface area (Å²) in [5.74, 6) is 0.321. The number of nitro groups is 1. The third-order valence-electron chi connectivity index (χ3n) is 3.08. The van der Waals surface area contributed by atoms with Crippen molar-refractivity contribution in [2.45, 2.75) is 13.0 Å². The van der Waals surface area contributed by atoms with E-state index in [-0.39, 0.29) is 24.6 Å². The third kappa shape index (κ3) is 5.27. The van der Waals surface area contributed by atoms with Gasteiger partial charge in [0.2, 0.25) is 5.91 Å². The van der Waals surface area contributed by atoms with Gasteiger partial charge in [0.25, 0.3) is 5.69 Å². The smallest absolute Gasteiger partial charge is 0.269 e. The van der Waals surface area contributed by atoms with Gasteiger partial charge in [0.05, 0.1) is 18.0 Å². The molecule has 1 amide bonds. The Bertz CT molecular complexity index is 689. The standard InChI is InChI=1S/C16H15ClN2O4/c17-15-4-2-1-3-12(15)11-18-16(20)9-10-23-14-7-5-13(6-8-14)19(21)22/h1-8H,9-11H2,(H,18,20). The molecule has 2 rings (SSSR count). The average Bonchev–Trinajstić information content (AvgIpc) is 2.54. The molecule has 0 saturated heterocycles. The van der Waals surface area contributed by atoms with Gasteiger partial charge < -0.3 is 10.1 Å². The first kappa shape index (κ1) is 16.8. The number of nitro benzene ring substituents is 1. The van der Waals surface area contributed by atoms with Crippen LogP contribution in [0.4, 0.5) is 5.69 Å². The Morgan fingerprint density at radius 3 is 2.52 bits per heavy atom. The topological polar surface area (TPSA) is 81.5 Å². The van der Waals surface area contributed by atoms with Crippen LogP contribution in [0.1, 0.15) is 12.0 Å². The lowest BCUT2D eigenvalue weighted by molar-refractivity contribution is -0.384. The molecule has 23 heavy (non-hydrogen) atoms. The van der Waals surface area contributed by atoms with E-state index in [0.717, 1.165) is 5.56 Å². The SMILES string of the molecule is O=C(CCOc1ccc([N+](=O)[O-])cc1)NCc1ccccc1Cl. The Balaban J connectivity index is 1.72. The van der Waals surface area contributed by atoms with Gasteiger partial charge in [-0.1, -0.05) is 29.8 Å². The van der Waals surface area contributed by atoms with Crippen LogP contribution < -0.4 is 10.1 Å². The van der Waals surface area contributed by atoms with Crippen LogP contribution in [-0.4, -0.2) is 17.4 Å². The molecule has 0 aliphatic carbocycles. The van der Waals surface area contributed by atoms with E-state index in [9.17, 15) is 14.9 Å². The van der Waals surface area contributed by atoms with Crippen LogP contribution in [0.2, 0.25) is 5.02 Å². The van der Waals surface area contributed by atoms with E-state index in [4.69, 9.17) is 16.3 Å². The monoisotopic (exact) mass is 334 g/mol. The number of carbonyl (C=O) groups is 1. The second kappa shape index (κ2) is 8.14. The number of hydrogen-bond donors (Lipinski definition) is 1. The molecule has 0 atom stereocenters. The second-order valence-electron chi connectivity index (χ2n) is 4.72. The summed E-state index contributed by atoms with van der Waals surface area (Å²) in [6, 6.07) is 13.0. The molecule has 0 aliphatic rings. The number of ether oxygens (including phenoxy) is 1. The molecular formula is C16H15ClN2O4. The summed E-state index contributed by atoms with van der Waals surface area (Å²) in [5.41, 5.74) is 0.841. The number of amides is 1. The van der Waals surface area contributed by atoms with Crippen LogP contribution in [0.25, 0.3) is 0 Å². The molecule has 0 spiro atoms. The number of nitrogens with one attached hydrogen (secondary N) is 1. The summed E-state index contributed by atoms with van der Waals surface area (Å²) in [5, 5.41) is 13.9. The lowest BCUT2D eigenvalue weighted by atomic mass is 10.2. The first-order valence-electron chi connectivity index (χ1n) is 6.93. The Labute approximate surface area is 138 Å². The molecule has 0 heterocycles.